The normalized spacial score (nSPS) is 11.3. The number of aryl methyl sites for hydroxylation is 1. The van der Waals surface area contributed by atoms with E-state index in [9.17, 15) is 18.0 Å². The van der Waals surface area contributed by atoms with E-state index in [1.807, 2.05) is 0 Å². The van der Waals surface area contributed by atoms with Gasteiger partial charge >= 0.3 is 12.2 Å². The zero-order chi connectivity index (χ0) is 19.6. The second kappa shape index (κ2) is 7.32. The summed E-state index contributed by atoms with van der Waals surface area (Å²) in [6.45, 7) is 1.49. The first-order valence-electron chi connectivity index (χ1n) is 7.80. The van der Waals surface area contributed by atoms with E-state index < -0.39 is 17.9 Å². The van der Waals surface area contributed by atoms with E-state index in [0.29, 0.717) is 16.4 Å². The molecule has 2 N–H and O–H groups in total. The topological polar surface area (TPSA) is 59.0 Å². The maximum Gasteiger partial charge on any atom is 0.433 e. The van der Waals surface area contributed by atoms with Crippen LogP contribution in [-0.2, 0) is 6.18 Å². The molecule has 3 rings (SSSR count). The first-order chi connectivity index (χ1) is 12.7. The molecule has 2 aromatic carbocycles. The van der Waals surface area contributed by atoms with E-state index in [1.165, 1.54) is 31.2 Å². The Balaban J connectivity index is 1.74. The summed E-state index contributed by atoms with van der Waals surface area (Å²) in [6.07, 6.45) is -4.52. The molecule has 1 aromatic heterocycles. The number of hydrogen-bond donors (Lipinski definition) is 2. The van der Waals surface area contributed by atoms with Gasteiger partial charge in [-0.3, -0.25) is 0 Å². The molecule has 0 radical (unpaired) electrons. The lowest BCUT2D eigenvalue weighted by atomic mass is 10.2. The molecule has 2 amide bonds. The molecule has 0 saturated carbocycles. The number of anilines is 2. The van der Waals surface area contributed by atoms with Crippen LogP contribution in [0.3, 0.4) is 0 Å². The van der Waals surface area contributed by atoms with Crippen molar-refractivity contribution < 1.29 is 18.0 Å². The molecule has 0 aliphatic heterocycles. The van der Waals surface area contributed by atoms with Gasteiger partial charge in [-0.25, -0.2) is 9.48 Å². The lowest BCUT2D eigenvalue weighted by Gasteiger charge is -2.11. The van der Waals surface area contributed by atoms with E-state index >= 15 is 0 Å². The minimum Gasteiger partial charge on any atom is -0.308 e. The summed E-state index contributed by atoms with van der Waals surface area (Å²) >= 11 is 5.85. The van der Waals surface area contributed by atoms with Crippen molar-refractivity contribution in [1.82, 2.24) is 9.78 Å². The third-order valence-electron chi connectivity index (χ3n) is 3.57. The van der Waals surface area contributed by atoms with E-state index in [4.69, 9.17) is 11.6 Å². The molecular weight excluding hydrogens is 381 g/mol. The molecule has 3 aromatic rings. The Morgan fingerprint density at radius 3 is 2.33 bits per heavy atom. The Labute approximate surface area is 157 Å². The van der Waals surface area contributed by atoms with Crippen molar-refractivity contribution in [2.75, 3.05) is 10.6 Å². The lowest BCUT2D eigenvalue weighted by Crippen LogP contribution is -2.19. The molecule has 5 nitrogen and oxygen atoms in total. The number of carbonyl (C=O) groups excluding carboxylic acids is 1. The monoisotopic (exact) mass is 394 g/mol. The molecule has 0 saturated heterocycles. The molecule has 1 heterocycles. The van der Waals surface area contributed by atoms with E-state index in [1.54, 1.807) is 24.3 Å². The fourth-order valence-electron chi connectivity index (χ4n) is 2.44. The van der Waals surface area contributed by atoms with Gasteiger partial charge in [-0.15, -0.1) is 0 Å². The Bertz CT molecular complexity index is 967. The molecule has 140 valence electrons. The number of rotatable bonds is 3. The van der Waals surface area contributed by atoms with Crippen molar-refractivity contribution in [2.24, 2.45) is 0 Å². The Kier molecular flexibility index (Phi) is 5.09. The number of nitrogens with one attached hydrogen (secondary N) is 2. The summed E-state index contributed by atoms with van der Waals surface area (Å²) in [7, 11) is 0. The first kappa shape index (κ1) is 18.8. The van der Waals surface area contributed by atoms with Crippen molar-refractivity contribution in [1.29, 1.82) is 0 Å². The van der Waals surface area contributed by atoms with Crippen LogP contribution in [0.15, 0.2) is 54.6 Å². The summed E-state index contributed by atoms with van der Waals surface area (Å²) < 4.78 is 40.1. The molecule has 0 atom stereocenters. The molecule has 0 aliphatic rings. The number of urea groups is 1. The summed E-state index contributed by atoms with van der Waals surface area (Å²) in [6, 6.07) is 13.0. The first-order valence-corrected chi connectivity index (χ1v) is 8.18. The van der Waals surface area contributed by atoms with Gasteiger partial charge in [-0.2, -0.15) is 18.3 Å². The van der Waals surface area contributed by atoms with Crippen molar-refractivity contribution in [3.05, 3.63) is 71.0 Å². The van der Waals surface area contributed by atoms with Gasteiger partial charge in [-0.1, -0.05) is 17.7 Å². The summed E-state index contributed by atoms with van der Waals surface area (Å²) in [5, 5.41) is 9.57. The number of nitrogens with zero attached hydrogens (tertiary/aromatic N) is 2. The van der Waals surface area contributed by atoms with Gasteiger partial charge in [0, 0.05) is 16.4 Å². The van der Waals surface area contributed by atoms with Crippen molar-refractivity contribution in [3.63, 3.8) is 0 Å². The van der Waals surface area contributed by atoms with Gasteiger partial charge in [0.25, 0.3) is 0 Å². The standard InChI is InChI=1S/C18H14ClF3N4O/c1-11-9-16(18(20,21)22)26(25-11)15-7-5-13(6-8-15)23-17(27)24-14-4-2-3-12(19)10-14/h2-10H,1H3,(H2,23,24,27). The molecule has 0 unspecified atom stereocenters. The van der Waals surface area contributed by atoms with Crippen LogP contribution >= 0.6 is 11.6 Å². The molecule has 9 heteroatoms. The third kappa shape index (κ3) is 4.59. The van der Waals surface area contributed by atoms with E-state index in [0.717, 1.165) is 10.7 Å². The van der Waals surface area contributed by atoms with E-state index in [2.05, 4.69) is 15.7 Å². The molecule has 0 aliphatic carbocycles. The molecule has 0 spiro atoms. The smallest absolute Gasteiger partial charge is 0.308 e. The Hall–Kier alpha value is -3.00. The van der Waals surface area contributed by atoms with Crippen LogP contribution in [0.1, 0.15) is 11.4 Å². The fourth-order valence-corrected chi connectivity index (χ4v) is 2.63. The molecule has 27 heavy (non-hydrogen) atoms. The van der Waals surface area contributed by atoms with Gasteiger partial charge in [0.05, 0.1) is 11.4 Å². The zero-order valence-corrected chi connectivity index (χ0v) is 14.8. The maximum atomic E-state index is 13.1. The number of halogens is 4. The average Bonchev–Trinajstić information content (AvgIpc) is 2.98. The highest BCUT2D eigenvalue weighted by molar-refractivity contribution is 6.30. The highest BCUT2D eigenvalue weighted by Crippen LogP contribution is 2.31. The van der Waals surface area contributed by atoms with Crippen LogP contribution in [0.25, 0.3) is 5.69 Å². The highest BCUT2D eigenvalue weighted by atomic mass is 35.5. The Morgan fingerprint density at radius 2 is 1.70 bits per heavy atom. The molecule has 0 bridgehead atoms. The van der Waals surface area contributed by atoms with Crippen LogP contribution in [0.4, 0.5) is 29.3 Å². The lowest BCUT2D eigenvalue weighted by molar-refractivity contribution is -0.142. The second-order valence-corrected chi connectivity index (χ2v) is 6.15. The van der Waals surface area contributed by atoms with Crippen LogP contribution in [0.2, 0.25) is 5.02 Å². The minimum atomic E-state index is -4.52. The number of hydrogen-bond acceptors (Lipinski definition) is 2. The summed E-state index contributed by atoms with van der Waals surface area (Å²) in [4.78, 5) is 12.0. The van der Waals surface area contributed by atoms with Crippen LogP contribution in [0.5, 0.6) is 0 Å². The minimum absolute atomic E-state index is 0.233. The molecule has 0 fully saturated rings. The average molecular weight is 395 g/mol. The SMILES string of the molecule is Cc1cc(C(F)(F)F)n(-c2ccc(NC(=O)Nc3cccc(Cl)c3)cc2)n1. The van der Waals surface area contributed by atoms with Gasteiger partial charge in [0.2, 0.25) is 0 Å². The van der Waals surface area contributed by atoms with Crippen molar-refractivity contribution >= 4 is 29.0 Å². The summed E-state index contributed by atoms with van der Waals surface area (Å²) in [5.41, 5.74) is 0.551. The maximum absolute atomic E-state index is 13.1. The summed E-state index contributed by atoms with van der Waals surface area (Å²) in [5.74, 6) is 0. The number of benzene rings is 2. The number of aromatic nitrogens is 2. The quantitative estimate of drug-likeness (QED) is 0.616. The number of alkyl halides is 3. The predicted molar refractivity (Wildman–Crippen MR) is 97.4 cm³/mol. The largest absolute Gasteiger partial charge is 0.433 e. The van der Waals surface area contributed by atoms with Crippen molar-refractivity contribution in [2.45, 2.75) is 13.1 Å². The zero-order valence-electron chi connectivity index (χ0n) is 14.0. The van der Waals surface area contributed by atoms with Crippen molar-refractivity contribution in [3.8, 4) is 5.69 Å². The van der Waals surface area contributed by atoms with Gasteiger partial charge < -0.3 is 10.6 Å². The Morgan fingerprint density at radius 1 is 1.04 bits per heavy atom. The van der Waals surface area contributed by atoms with Crippen LogP contribution in [0, 0.1) is 6.92 Å². The number of carbonyl (C=O) groups is 1. The third-order valence-corrected chi connectivity index (χ3v) is 3.81. The fraction of sp³-hybridized carbons (Fsp3) is 0.111. The van der Waals surface area contributed by atoms with Gasteiger partial charge in [0.1, 0.15) is 5.69 Å². The number of amides is 2. The van der Waals surface area contributed by atoms with E-state index in [-0.39, 0.29) is 11.4 Å². The van der Waals surface area contributed by atoms with Gasteiger partial charge in [0.15, 0.2) is 0 Å². The van der Waals surface area contributed by atoms with Gasteiger partial charge in [-0.05, 0) is 55.5 Å². The highest BCUT2D eigenvalue weighted by Gasteiger charge is 2.35. The second-order valence-electron chi connectivity index (χ2n) is 5.72. The van der Waals surface area contributed by atoms with Crippen LogP contribution in [-0.4, -0.2) is 15.8 Å². The molecular formula is C18H14ClF3N4O. The van der Waals surface area contributed by atoms with Crippen LogP contribution < -0.4 is 10.6 Å². The predicted octanol–water partition coefficient (Wildman–Crippen LogP) is 5.50.